The molecule has 1 aromatic heterocycles. The van der Waals surface area contributed by atoms with Crippen LogP contribution in [0.4, 0.5) is 0 Å². The van der Waals surface area contributed by atoms with Gasteiger partial charge in [0.25, 0.3) is 0 Å². The molecule has 0 aliphatic carbocycles. The molecule has 1 N–H and O–H groups in total. The third-order valence-electron chi connectivity index (χ3n) is 6.37. The minimum Gasteiger partial charge on any atom is -0.349 e. The second-order valence-corrected chi connectivity index (χ2v) is 9.77. The van der Waals surface area contributed by atoms with Gasteiger partial charge in [0, 0.05) is 56.7 Å². The molecule has 3 aromatic rings. The van der Waals surface area contributed by atoms with E-state index in [4.69, 9.17) is 12.2 Å². The number of benzene rings is 2. The van der Waals surface area contributed by atoms with Crippen molar-refractivity contribution in [2.75, 3.05) is 27.2 Å². The van der Waals surface area contributed by atoms with Gasteiger partial charge >= 0.3 is 0 Å². The molecule has 36 heavy (non-hydrogen) atoms. The molecule has 2 amide bonds. The van der Waals surface area contributed by atoms with Crippen molar-refractivity contribution in [3.63, 3.8) is 0 Å². The third kappa shape index (κ3) is 5.77. The van der Waals surface area contributed by atoms with Crippen LogP contribution in [0.2, 0.25) is 0 Å². The van der Waals surface area contributed by atoms with Gasteiger partial charge in [-0.05, 0) is 18.4 Å². The number of carbonyl (C=O) groups excluding carboxylic acids is 2. The summed E-state index contributed by atoms with van der Waals surface area (Å²) in [6.07, 6.45) is 3.62. The van der Waals surface area contributed by atoms with Crippen molar-refractivity contribution in [1.29, 1.82) is 0 Å². The highest BCUT2D eigenvalue weighted by Crippen LogP contribution is 2.36. The number of fused-ring (bicyclic) bond motifs is 1. The molecule has 2 aromatic carbocycles. The average Bonchev–Trinajstić information content (AvgIpc) is 3.65. The largest absolute Gasteiger partial charge is 0.349 e. The molecule has 0 atom stereocenters. The van der Waals surface area contributed by atoms with Gasteiger partial charge in [-0.2, -0.15) is 0 Å². The first kappa shape index (κ1) is 25.9. The standard InChI is InChI=1S/C18H12N2S2.2C5H9NO/c21-17-13-14(16(20-17)12-9-5-2-6-10-12)18(22)19-15(13)11-7-3-1-4-8-11;2*1-6-4-2-3-5(6)7/h1-10,19,22H;2*2-4H2,1H3. The number of aromatic nitrogens is 1. The van der Waals surface area contributed by atoms with Gasteiger partial charge in [0.1, 0.15) is 4.99 Å². The van der Waals surface area contributed by atoms with Crippen molar-refractivity contribution < 1.29 is 9.59 Å². The zero-order valence-corrected chi connectivity index (χ0v) is 22.2. The fourth-order valence-corrected chi connectivity index (χ4v) is 4.96. The highest BCUT2D eigenvalue weighted by atomic mass is 32.1. The van der Waals surface area contributed by atoms with Gasteiger partial charge in [-0.15, -0.1) is 12.6 Å². The maximum absolute atomic E-state index is 10.5. The number of carbonyl (C=O) groups is 2. The summed E-state index contributed by atoms with van der Waals surface area (Å²) in [6, 6.07) is 20.2. The van der Waals surface area contributed by atoms with Crippen LogP contribution in [0.25, 0.3) is 11.3 Å². The Morgan fingerprint density at radius 2 is 1.31 bits per heavy atom. The lowest BCUT2D eigenvalue weighted by atomic mass is 10.0. The number of thiocarbonyl (C=S) groups is 1. The zero-order valence-electron chi connectivity index (χ0n) is 20.5. The van der Waals surface area contributed by atoms with Gasteiger partial charge in [0.05, 0.1) is 16.4 Å². The van der Waals surface area contributed by atoms with Crippen molar-refractivity contribution in [2.45, 2.75) is 30.7 Å². The average molecular weight is 519 g/mol. The normalized spacial score (nSPS) is 16.3. The molecule has 0 saturated carbocycles. The number of H-pyrrole nitrogens is 1. The Morgan fingerprint density at radius 1 is 0.806 bits per heavy atom. The van der Waals surface area contributed by atoms with E-state index in [2.05, 4.69) is 34.7 Å². The Bertz CT molecular complexity index is 1260. The summed E-state index contributed by atoms with van der Waals surface area (Å²) < 4.78 is 0. The predicted octanol–water partition coefficient (Wildman–Crippen LogP) is 4.97. The van der Waals surface area contributed by atoms with E-state index in [0.29, 0.717) is 16.8 Å². The molecule has 186 valence electrons. The molecule has 6 rings (SSSR count). The van der Waals surface area contributed by atoms with Gasteiger partial charge in [0.2, 0.25) is 11.8 Å². The second-order valence-electron chi connectivity index (χ2n) is 8.93. The van der Waals surface area contributed by atoms with Gasteiger partial charge in [0.15, 0.2) is 0 Å². The molecular weight excluding hydrogens is 488 g/mol. The van der Waals surface area contributed by atoms with Crippen LogP contribution in [-0.4, -0.2) is 64.5 Å². The number of nitrogens with zero attached hydrogens (tertiary/aromatic N) is 3. The predicted molar refractivity (Wildman–Crippen MR) is 151 cm³/mol. The number of hydrogen-bond acceptors (Lipinski definition) is 4. The molecular formula is C28H30N4O2S2. The molecule has 0 radical (unpaired) electrons. The molecule has 3 aliphatic rings. The van der Waals surface area contributed by atoms with Gasteiger partial charge in [-0.25, -0.2) is 4.99 Å². The van der Waals surface area contributed by atoms with E-state index < -0.39 is 0 Å². The highest BCUT2D eigenvalue weighted by molar-refractivity contribution is 7.81. The van der Waals surface area contributed by atoms with Crippen molar-refractivity contribution in [2.24, 2.45) is 4.99 Å². The first-order valence-corrected chi connectivity index (χ1v) is 12.9. The molecule has 4 heterocycles. The van der Waals surface area contributed by atoms with E-state index in [1.165, 1.54) is 0 Å². The maximum Gasteiger partial charge on any atom is 0.222 e. The first-order valence-electron chi connectivity index (χ1n) is 12.0. The summed E-state index contributed by atoms with van der Waals surface area (Å²) in [5, 5.41) is 0.802. The fourth-order valence-electron chi connectivity index (χ4n) is 4.34. The van der Waals surface area contributed by atoms with E-state index in [9.17, 15) is 9.59 Å². The fraction of sp³-hybridized carbons (Fsp3) is 0.286. The van der Waals surface area contributed by atoms with Crippen molar-refractivity contribution in [1.82, 2.24) is 14.8 Å². The van der Waals surface area contributed by atoms with Crippen LogP contribution in [0.1, 0.15) is 42.4 Å². The first-order chi connectivity index (χ1) is 17.4. The van der Waals surface area contributed by atoms with Crippen LogP contribution < -0.4 is 0 Å². The van der Waals surface area contributed by atoms with E-state index in [1.54, 1.807) is 9.80 Å². The summed E-state index contributed by atoms with van der Waals surface area (Å²) in [7, 11) is 3.69. The summed E-state index contributed by atoms with van der Waals surface area (Å²) in [6.45, 7) is 1.91. The Balaban J connectivity index is 0.000000177. The number of likely N-dealkylation sites (tertiary alicyclic amines) is 2. The van der Waals surface area contributed by atoms with Gasteiger partial charge in [-0.3, -0.25) is 9.59 Å². The Hall–Kier alpha value is -3.23. The van der Waals surface area contributed by atoms with E-state index in [0.717, 1.165) is 77.5 Å². The Labute approximate surface area is 222 Å². The van der Waals surface area contributed by atoms with Crippen LogP contribution >= 0.6 is 24.8 Å². The van der Waals surface area contributed by atoms with Crippen LogP contribution in [0.3, 0.4) is 0 Å². The monoisotopic (exact) mass is 518 g/mol. The van der Waals surface area contributed by atoms with Crippen LogP contribution in [0.15, 0.2) is 70.7 Å². The number of aliphatic imine (C=N–C) groups is 1. The van der Waals surface area contributed by atoms with Crippen molar-refractivity contribution >= 4 is 47.4 Å². The summed E-state index contributed by atoms with van der Waals surface area (Å²) in [4.78, 5) is 33.1. The topological polar surface area (TPSA) is 68.8 Å². The highest BCUT2D eigenvalue weighted by Gasteiger charge is 2.29. The number of aromatic amines is 1. The molecule has 3 aliphatic heterocycles. The quantitative estimate of drug-likeness (QED) is 0.372. The van der Waals surface area contributed by atoms with E-state index in [1.807, 2.05) is 62.6 Å². The molecule has 2 saturated heterocycles. The Morgan fingerprint density at radius 3 is 1.72 bits per heavy atom. The van der Waals surface area contributed by atoms with Gasteiger partial charge < -0.3 is 14.8 Å². The summed E-state index contributed by atoms with van der Waals surface area (Å²) >= 11 is 10.1. The van der Waals surface area contributed by atoms with Crippen molar-refractivity contribution in [3.05, 3.63) is 77.4 Å². The lowest BCUT2D eigenvalue weighted by Crippen LogP contribution is -2.17. The molecule has 8 heteroatoms. The number of hydrogen-bond donors (Lipinski definition) is 2. The van der Waals surface area contributed by atoms with Crippen molar-refractivity contribution in [3.8, 4) is 11.3 Å². The lowest BCUT2D eigenvalue weighted by molar-refractivity contribution is -0.127. The zero-order chi connectivity index (χ0) is 25.7. The minimum atomic E-state index is 0.292. The van der Waals surface area contributed by atoms with Crippen LogP contribution in [-0.2, 0) is 9.59 Å². The molecule has 0 spiro atoms. The minimum absolute atomic E-state index is 0.292. The number of thiol groups is 1. The summed E-state index contributed by atoms with van der Waals surface area (Å²) in [5.74, 6) is 0.583. The van der Waals surface area contributed by atoms with E-state index in [-0.39, 0.29) is 0 Å². The number of nitrogens with one attached hydrogen (secondary N) is 1. The lowest BCUT2D eigenvalue weighted by Gasteiger charge is -2.03. The summed E-state index contributed by atoms with van der Waals surface area (Å²) in [5.41, 5.74) is 6.00. The SMILES string of the molecule is CN1CCCC1=O.CN1CCCC1=O.S=C1N=C(c2ccccc2)c2c(S)[nH]c(-c3ccccc3)c21. The van der Waals surface area contributed by atoms with Crippen LogP contribution in [0, 0.1) is 0 Å². The number of amides is 2. The molecule has 6 nitrogen and oxygen atoms in total. The molecule has 2 fully saturated rings. The molecule has 0 bridgehead atoms. The van der Waals surface area contributed by atoms with E-state index >= 15 is 0 Å². The van der Waals surface area contributed by atoms with Gasteiger partial charge in [-0.1, -0.05) is 72.9 Å². The number of rotatable bonds is 2. The van der Waals surface area contributed by atoms with Crippen LogP contribution in [0.5, 0.6) is 0 Å². The second kappa shape index (κ2) is 11.7. The Kier molecular flexibility index (Phi) is 8.38. The maximum atomic E-state index is 10.5. The third-order valence-corrected chi connectivity index (χ3v) is 7.00. The molecule has 0 unspecified atom stereocenters. The smallest absolute Gasteiger partial charge is 0.222 e.